The van der Waals surface area contributed by atoms with E-state index in [1.165, 1.54) is 0 Å². The number of halogens is 12. The van der Waals surface area contributed by atoms with Crippen molar-refractivity contribution in [1.29, 1.82) is 0 Å². The largest absolute Gasteiger partial charge is 0.468 e. The van der Waals surface area contributed by atoms with Crippen LogP contribution < -0.4 is 0 Å². The maximum Gasteiger partial charge on any atom is 0.459 e. The lowest BCUT2D eigenvalue weighted by Gasteiger charge is -2.32. The minimum Gasteiger partial charge on any atom is -0.468 e. The first-order valence-electron chi connectivity index (χ1n) is 7.47. The van der Waals surface area contributed by atoms with Crippen LogP contribution in [0.5, 0.6) is 0 Å². The molecule has 0 heterocycles. The number of hydrogen-bond donors (Lipinski definition) is 0. The van der Waals surface area contributed by atoms with E-state index in [-0.39, 0.29) is 6.92 Å². The average molecular weight is 494 g/mol. The van der Waals surface area contributed by atoms with Crippen LogP contribution in [-0.2, 0) is 19.4 Å². The van der Waals surface area contributed by atoms with Gasteiger partial charge in [-0.3, -0.25) is 4.79 Å². The topological polar surface area (TPSA) is 60.4 Å². The lowest BCUT2D eigenvalue weighted by atomic mass is 9.98. The fourth-order valence-electron chi connectivity index (χ4n) is 1.99. The molecule has 0 aromatic rings. The number of hydrogen-bond acceptors (Lipinski definition) is 4. The summed E-state index contributed by atoms with van der Waals surface area (Å²) in [6.07, 6.45) is -20.1. The van der Waals surface area contributed by atoms with Gasteiger partial charge >= 0.3 is 36.1 Å². The molecule has 0 aliphatic carbocycles. The minimum atomic E-state index is -6.77. The van der Waals surface area contributed by atoms with Crippen molar-refractivity contribution in [3.63, 3.8) is 0 Å². The van der Waals surface area contributed by atoms with Gasteiger partial charge in [0.15, 0.2) is 14.6 Å². The first-order valence-corrected chi connectivity index (χ1v) is 9.12. The number of esters is 1. The van der Waals surface area contributed by atoms with Crippen molar-refractivity contribution in [2.75, 3.05) is 12.9 Å². The highest BCUT2D eigenvalue weighted by molar-refractivity contribution is 7.93. The maximum absolute atomic E-state index is 13.4. The van der Waals surface area contributed by atoms with E-state index < -0.39 is 75.7 Å². The third kappa shape index (κ3) is 5.43. The zero-order valence-electron chi connectivity index (χ0n) is 14.9. The van der Waals surface area contributed by atoms with Crippen LogP contribution in [0.3, 0.4) is 0 Å². The van der Waals surface area contributed by atoms with Crippen molar-refractivity contribution in [2.24, 2.45) is 0 Å². The van der Waals surface area contributed by atoms with Crippen molar-refractivity contribution in [2.45, 2.75) is 61.1 Å². The maximum atomic E-state index is 13.4. The van der Waals surface area contributed by atoms with Gasteiger partial charge in [-0.25, -0.2) is 8.42 Å². The molecule has 0 spiro atoms. The van der Waals surface area contributed by atoms with E-state index in [2.05, 4.69) is 4.74 Å². The molecule has 0 aliphatic heterocycles. The Kier molecular flexibility index (Phi) is 7.87. The fraction of sp³-hybridized carbons (Fsp3) is 0.923. The van der Waals surface area contributed by atoms with E-state index in [1.807, 2.05) is 0 Å². The van der Waals surface area contributed by atoms with Crippen LogP contribution in [0, 0.1) is 0 Å². The molecule has 180 valence electrons. The van der Waals surface area contributed by atoms with E-state index in [0.29, 0.717) is 7.11 Å². The van der Waals surface area contributed by atoms with Crippen LogP contribution in [-0.4, -0.2) is 62.1 Å². The number of carbonyl (C=O) groups excluding carboxylic acids is 1. The molecule has 1 unspecified atom stereocenters. The van der Waals surface area contributed by atoms with Gasteiger partial charge in [-0.15, -0.1) is 0 Å². The van der Waals surface area contributed by atoms with Crippen molar-refractivity contribution >= 4 is 15.8 Å². The molecule has 0 amide bonds. The van der Waals surface area contributed by atoms with Gasteiger partial charge in [0.1, 0.15) is 0 Å². The van der Waals surface area contributed by atoms with Gasteiger partial charge in [0, 0.05) is 12.8 Å². The summed E-state index contributed by atoms with van der Waals surface area (Å²) in [4.78, 5) is 11.7. The predicted octanol–water partition coefficient (Wildman–Crippen LogP) is 4.53. The van der Waals surface area contributed by atoms with Crippen LogP contribution in [0.25, 0.3) is 0 Å². The molecular weight excluding hydrogens is 480 g/mol. The van der Waals surface area contributed by atoms with E-state index in [9.17, 15) is 65.9 Å². The molecule has 0 aliphatic rings. The van der Waals surface area contributed by atoms with Crippen molar-refractivity contribution < 1.29 is 70.6 Å². The third-order valence-electron chi connectivity index (χ3n) is 4.13. The molecule has 17 heteroatoms. The summed E-state index contributed by atoms with van der Waals surface area (Å²) in [6, 6.07) is 0. The zero-order chi connectivity index (χ0) is 24.6. The van der Waals surface area contributed by atoms with Gasteiger partial charge in [0.2, 0.25) is 0 Å². The molecule has 0 fully saturated rings. The van der Waals surface area contributed by atoms with E-state index in [4.69, 9.17) is 0 Å². The molecule has 0 rings (SSSR count). The summed E-state index contributed by atoms with van der Waals surface area (Å²) in [5.41, 5.74) is 0. The number of carbonyl (C=O) groups is 1. The lowest BCUT2D eigenvalue weighted by molar-refractivity contribution is -0.355. The number of ether oxygens (including phenoxy) is 1. The summed E-state index contributed by atoms with van der Waals surface area (Å²) >= 11 is 0. The molecule has 0 bridgehead atoms. The Morgan fingerprint density at radius 2 is 1.17 bits per heavy atom. The highest BCUT2D eigenvalue weighted by Gasteiger charge is 2.73. The summed E-state index contributed by atoms with van der Waals surface area (Å²) in [6.45, 7) is 0.168. The SMILES string of the molecule is COC(=O)C(C)(CCC(F)(F)C(F)(F)C(F)(F)F)S(=O)(=O)CCC(F)(F)C(F)(F)F. The molecule has 1 atom stereocenters. The van der Waals surface area contributed by atoms with E-state index in [0.717, 1.165) is 0 Å². The Morgan fingerprint density at radius 3 is 1.50 bits per heavy atom. The monoisotopic (exact) mass is 494 g/mol. The number of rotatable bonds is 9. The average Bonchev–Trinajstić information content (AvgIpc) is 2.55. The first-order chi connectivity index (χ1) is 12.9. The third-order valence-corrected chi connectivity index (χ3v) is 6.62. The normalized spacial score (nSPS) is 16.9. The van der Waals surface area contributed by atoms with Gasteiger partial charge in [-0.05, 0) is 13.3 Å². The van der Waals surface area contributed by atoms with E-state index in [1.54, 1.807) is 0 Å². The second kappa shape index (κ2) is 8.26. The van der Waals surface area contributed by atoms with Gasteiger partial charge in [0.05, 0.1) is 12.9 Å². The molecule has 0 aromatic carbocycles. The minimum absolute atomic E-state index is 0.168. The fourth-order valence-corrected chi connectivity index (χ4v) is 3.72. The number of alkyl halides is 12. The molecule has 0 saturated heterocycles. The molecular formula is C13H14F12O4S. The smallest absolute Gasteiger partial charge is 0.459 e. The van der Waals surface area contributed by atoms with Crippen LogP contribution in [0.1, 0.15) is 26.2 Å². The highest BCUT2D eigenvalue weighted by Crippen LogP contribution is 2.49. The molecule has 30 heavy (non-hydrogen) atoms. The summed E-state index contributed by atoms with van der Waals surface area (Å²) in [7, 11) is -5.11. The first kappa shape index (κ1) is 28.6. The van der Waals surface area contributed by atoms with Gasteiger partial charge in [-0.1, -0.05) is 0 Å². The van der Waals surface area contributed by atoms with Crippen molar-refractivity contribution in [3.8, 4) is 0 Å². The second-order valence-electron chi connectivity index (χ2n) is 6.27. The number of methoxy groups -OCH3 is 1. The Morgan fingerprint density at radius 1 is 0.733 bits per heavy atom. The summed E-state index contributed by atoms with van der Waals surface area (Å²) in [5.74, 6) is -22.4. The Balaban J connectivity index is 5.90. The Bertz CT molecular complexity index is 725. The predicted molar refractivity (Wildman–Crippen MR) is 75.0 cm³/mol. The van der Waals surface area contributed by atoms with Crippen molar-refractivity contribution in [3.05, 3.63) is 0 Å². The van der Waals surface area contributed by atoms with Crippen LogP contribution in [0.15, 0.2) is 0 Å². The van der Waals surface area contributed by atoms with Gasteiger partial charge < -0.3 is 4.74 Å². The summed E-state index contributed by atoms with van der Waals surface area (Å²) < 4.78 is 176. The molecule has 0 aromatic heterocycles. The lowest BCUT2D eigenvalue weighted by Crippen LogP contribution is -2.54. The Labute approximate surface area is 161 Å². The van der Waals surface area contributed by atoms with Crippen molar-refractivity contribution in [1.82, 2.24) is 0 Å². The van der Waals surface area contributed by atoms with Crippen LogP contribution in [0.4, 0.5) is 52.7 Å². The molecule has 0 saturated carbocycles. The zero-order valence-corrected chi connectivity index (χ0v) is 15.7. The quantitative estimate of drug-likeness (QED) is 0.349. The highest BCUT2D eigenvalue weighted by atomic mass is 32.2. The van der Waals surface area contributed by atoms with E-state index >= 15 is 0 Å². The second-order valence-corrected chi connectivity index (χ2v) is 8.81. The Hall–Kier alpha value is -1.42. The molecule has 4 nitrogen and oxygen atoms in total. The summed E-state index contributed by atoms with van der Waals surface area (Å²) in [5, 5.41) is 0. The molecule has 0 N–H and O–H groups in total. The van der Waals surface area contributed by atoms with Gasteiger partial charge in [0.25, 0.3) is 0 Å². The molecule has 0 radical (unpaired) electrons. The standard InChI is InChI=1S/C13H14F12O4S/c1-8(7(26)29-2,3-4-9(14,15)11(18,19)13(23,24)25)30(27,28)6-5-10(16,17)12(20,21)22/h3-6H2,1-2H3. The van der Waals surface area contributed by atoms with Gasteiger partial charge in [-0.2, -0.15) is 52.7 Å². The van der Waals surface area contributed by atoms with Crippen LogP contribution >= 0.6 is 0 Å². The number of sulfone groups is 1. The van der Waals surface area contributed by atoms with Crippen LogP contribution in [0.2, 0.25) is 0 Å².